The number of methoxy groups -OCH3 is 1. The summed E-state index contributed by atoms with van der Waals surface area (Å²) in [7, 11) is 1.41. The van der Waals surface area contributed by atoms with Crippen LogP contribution >= 0.6 is 0 Å². The van der Waals surface area contributed by atoms with Gasteiger partial charge >= 0.3 is 5.97 Å². The highest BCUT2D eigenvalue weighted by Crippen LogP contribution is 2.07. The van der Waals surface area contributed by atoms with E-state index in [2.05, 4.69) is 20.4 Å². The van der Waals surface area contributed by atoms with Gasteiger partial charge in [0.1, 0.15) is 5.82 Å². The highest BCUT2D eigenvalue weighted by atomic mass is 19.1. The number of halogens is 1. The molecule has 0 amide bonds. The number of benzene rings is 1. The second-order valence-corrected chi connectivity index (χ2v) is 5.45. The second kappa shape index (κ2) is 12.3. The van der Waals surface area contributed by atoms with E-state index in [1.165, 1.54) is 13.2 Å². The van der Waals surface area contributed by atoms with Crippen molar-refractivity contribution in [3.8, 4) is 0 Å². The Hall–Kier alpha value is -2.11. The minimum atomic E-state index is -0.234. The zero-order valence-corrected chi connectivity index (χ0v) is 14.6. The van der Waals surface area contributed by atoms with Crippen LogP contribution in [-0.2, 0) is 16.1 Å². The summed E-state index contributed by atoms with van der Waals surface area (Å²) < 4.78 is 18.2. The number of guanidine groups is 1. The van der Waals surface area contributed by atoms with E-state index >= 15 is 0 Å². The van der Waals surface area contributed by atoms with Crippen LogP contribution in [-0.4, -0.2) is 32.1 Å². The molecule has 0 radical (unpaired) electrons. The van der Waals surface area contributed by atoms with Crippen LogP contribution in [0.3, 0.4) is 0 Å². The minimum Gasteiger partial charge on any atom is -0.469 e. The van der Waals surface area contributed by atoms with Crippen molar-refractivity contribution in [2.75, 3.05) is 20.2 Å². The zero-order chi connectivity index (χ0) is 17.6. The van der Waals surface area contributed by atoms with Gasteiger partial charge in [0.15, 0.2) is 5.96 Å². The van der Waals surface area contributed by atoms with Gasteiger partial charge in [-0.15, -0.1) is 0 Å². The molecule has 0 saturated carbocycles. The van der Waals surface area contributed by atoms with E-state index in [0.717, 1.165) is 38.8 Å². The quantitative estimate of drug-likeness (QED) is 0.298. The number of nitrogens with one attached hydrogen (secondary N) is 2. The maximum absolute atomic E-state index is 13.6. The Morgan fingerprint density at radius 3 is 2.62 bits per heavy atom. The SMILES string of the molecule is CCNC(=NCc1ccccc1F)NCCCCCCC(=O)OC. The fourth-order valence-corrected chi connectivity index (χ4v) is 2.19. The standard InChI is InChI=1S/C18H28FN3O2/c1-3-20-18(22-14-15-10-7-8-11-16(15)19)21-13-9-5-4-6-12-17(23)24-2/h7-8,10-11H,3-6,9,12-14H2,1-2H3,(H2,20,21,22). The third-order valence-electron chi connectivity index (χ3n) is 3.54. The average Bonchev–Trinajstić information content (AvgIpc) is 2.59. The number of carbonyl (C=O) groups excluding carboxylic acids is 1. The first kappa shape index (κ1) is 19.9. The monoisotopic (exact) mass is 337 g/mol. The Bertz CT molecular complexity index is 521. The second-order valence-electron chi connectivity index (χ2n) is 5.45. The first-order valence-electron chi connectivity index (χ1n) is 8.49. The Balaban J connectivity index is 2.27. The van der Waals surface area contributed by atoms with Crippen molar-refractivity contribution in [2.24, 2.45) is 4.99 Å². The fourth-order valence-electron chi connectivity index (χ4n) is 2.19. The van der Waals surface area contributed by atoms with Crippen molar-refractivity contribution in [3.63, 3.8) is 0 Å². The van der Waals surface area contributed by atoms with Gasteiger partial charge < -0.3 is 15.4 Å². The summed E-state index contributed by atoms with van der Waals surface area (Å²) in [5, 5.41) is 6.40. The van der Waals surface area contributed by atoms with Crippen LogP contribution < -0.4 is 10.6 Å². The number of rotatable bonds is 10. The molecule has 0 atom stereocenters. The normalized spacial score (nSPS) is 11.2. The molecular weight excluding hydrogens is 309 g/mol. The average molecular weight is 337 g/mol. The predicted octanol–water partition coefficient (Wildman–Crippen LogP) is 3.00. The third kappa shape index (κ3) is 8.50. The van der Waals surface area contributed by atoms with Crippen molar-refractivity contribution in [1.29, 1.82) is 0 Å². The molecule has 0 bridgehead atoms. The third-order valence-corrected chi connectivity index (χ3v) is 3.54. The van der Waals surface area contributed by atoms with Crippen LogP contribution in [0, 0.1) is 5.82 Å². The van der Waals surface area contributed by atoms with E-state index in [9.17, 15) is 9.18 Å². The molecule has 2 N–H and O–H groups in total. The van der Waals surface area contributed by atoms with Gasteiger partial charge in [0, 0.05) is 25.1 Å². The highest BCUT2D eigenvalue weighted by molar-refractivity contribution is 5.79. The summed E-state index contributed by atoms with van der Waals surface area (Å²) in [6, 6.07) is 6.66. The summed E-state index contributed by atoms with van der Waals surface area (Å²) in [4.78, 5) is 15.4. The van der Waals surface area contributed by atoms with Crippen LogP contribution in [0.4, 0.5) is 4.39 Å². The van der Waals surface area contributed by atoms with Crippen LogP contribution in [0.15, 0.2) is 29.3 Å². The van der Waals surface area contributed by atoms with Gasteiger partial charge in [-0.3, -0.25) is 4.79 Å². The Morgan fingerprint density at radius 1 is 1.17 bits per heavy atom. The maximum Gasteiger partial charge on any atom is 0.305 e. The van der Waals surface area contributed by atoms with Crippen molar-refractivity contribution < 1.29 is 13.9 Å². The topological polar surface area (TPSA) is 62.7 Å². The summed E-state index contributed by atoms with van der Waals surface area (Å²) in [6.45, 7) is 3.85. The molecule has 5 nitrogen and oxygen atoms in total. The Morgan fingerprint density at radius 2 is 1.92 bits per heavy atom. The van der Waals surface area contributed by atoms with E-state index in [1.54, 1.807) is 12.1 Å². The minimum absolute atomic E-state index is 0.150. The lowest BCUT2D eigenvalue weighted by atomic mass is 10.1. The lowest BCUT2D eigenvalue weighted by Crippen LogP contribution is -2.37. The molecule has 0 heterocycles. The largest absolute Gasteiger partial charge is 0.469 e. The molecule has 0 saturated heterocycles. The molecule has 0 unspecified atom stereocenters. The molecule has 0 aromatic heterocycles. The lowest BCUT2D eigenvalue weighted by Gasteiger charge is -2.11. The number of hydrogen-bond donors (Lipinski definition) is 2. The Kier molecular flexibility index (Phi) is 10.2. The number of unbranched alkanes of at least 4 members (excludes halogenated alkanes) is 3. The molecular formula is C18H28FN3O2. The molecule has 6 heteroatoms. The van der Waals surface area contributed by atoms with Crippen LogP contribution in [0.25, 0.3) is 0 Å². The number of hydrogen-bond acceptors (Lipinski definition) is 3. The summed E-state index contributed by atoms with van der Waals surface area (Å²) >= 11 is 0. The summed E-state index contributed by atoms with van der Waals surface area (Å²) in [5.74, 6) is 0.306. The van der Waals surface area contributed by atoms with Gasteiger partial charge in [0.05, 0.1) is 13.7 Å². The molecule has 134 valence electrons. The van der Waals surface area contributed by atoms with Crippen molar-refractivity contribution in [2.45, 2.75) is 45.6 Å². The van der Waals surface area contributed by atoms with Crippen LogP contribution in [0.5, 0.6) is 0 Å². The zero-order valence-electron chi connectivity index (χ0n) is 14.6. The van der Waals surface area contributed by atoms with Crippen molar-refractivity contribution in [1.82, 2.24) is 10.6 Å². The van der Waals surface area contributed by atoms with E-state index in [-0.39, 0.29) is 11.8 Å². The number of esters is 1. The molecule has 24 heavy (non-hydrogen) atoms. The van der Waals surface area contributed by atoms with E-state index in [0.29, 0.717) is 24.5 Å². The molecule has 0 aliphatic carbocycles. The maximum atomic E-state index is 13.6. The summed E-state index contributed by atoms with van der Waals surface area (Å²) in [5.41, 5.74) is 0.581. The van der Waals surface area contributed by atoms with Gasteiger partial charge in [-0.05, 0) is 25.8 Å². The molecule has 0 aliphatic rings. The molecule has 0 spiro atoms. The van der Waals surface area contributed by atoms with Crippen LogP contribution in [0.2, 0.25) is 0 Å². The van der Waals surface area contributed by atoms with E-state index < -0.39 is 0 Å². The van der Waals surface area contributed by atoms with Crippen LogP contribution in [0.1, 0.15) is 44.6 Å². The number of nitrogens with zero attached hydrogens (tertiary/aromatic N) is 1. The first-order valence-corrected chi connectivity index (χ1v) is 8.49. The fraction of sp³-hybridized carbons (Fsp3) is 0.556. The summed E-state index contributed by atoms with van der Waals surface area (Å²) in [6.07, 6.45) is 4.37. The number of carbonyl (C=O) groups is 1. The first-order chi connectivity index (χ1) is 11.7. The van der Waals surface area contributed by atoms with Gasteiger partial charge in [0.2, 0.25) is 0 Å². The van der Waals surface area contributed by atoms with E-state index in [1.807, 2.05) is 13.0 Å². The van der Waals surface area contributed by atoms with Gasteiger partial charge in [-0.1, -0.05) is 31.0 Å². The highest BCUT2D eigenvalue weighted by Gasteiger charge is 2.02. The predicted molar refractivity (Wildman–Crippen MR) is 94.3 cm³/mol. The van der Waals surface area contributed by atoms with E-state index in [4.69, 9.17) is 0 Å². The van der Waals surface area contributed by atoms with Crippen molar-refractivity contribution in [3.05, 3.63) is 35.6 Å². The molecule has 1 aromatic carbocycles. The van der Waals surface area contributed by atoms with Crippen molar-refractivity contribution >= 4 is 11.9 Å². The molecule has 0 fully saturated rings. The Labute approximate surface area is 143 Å². The lowest BCUT2D eigenvalue weighted by molar-refractivity contribution is -0.140. The molecule has 0 aliphatic heterocycles. The smallest absolute Gasteiger partial charge is 0.305 e. The molecule has 1 rings (SSSR count). The van der Waals surface area contributed by atoms with Gasteiger partial charge in [0.25, 0.3) is 0 Å². The number of ether oxygens (including phenoxy) is 1. The van der Waals surface area contributed by atoms with Gasteiger partial charge in [-0.2, -0.15) is 0 Å². The number of aliphatic imine (C=N–C) groups is 1. The van der Waals surface area contributed by atoms with Gasteiger partial charge in [-0.25, -0.2) is 9.38 Å². The molecule has 1 aromatic rings.